The lowest BCUT2D eigenvalue weighted by atomic mass is 9.94. The first-order valence-corrected chi connectivity index (χ1v) is 7.87. The molecule has 1 atom stereocenters. The van der Waals surface area contributed by atoms with E-state index >= 15 is 0 Å². The zero-order valence-electron chi connectivity index (χ0n) is 11.2. The molecule has 0 fully saturated rings. The summed E-state index contributed by atoms with van der Waals surface area (Å²) in [5.41, 5.74) is 1.44. The molecule has 7 heteroatoms. The van der Waals surface area contributed by atoms with Crippen molar-refractivity contribution in [1.29, 1.82) is 0 Å². The molecular weight excluding hydrogens is 282 g/mol. The van der Waals surface area contributed by atoms with E-state index in [9.17, 15) is 18.3 Å². The number of carboxylic acid groups (broad SMARTS) is 1. The summed E-state index contributed by atoms with van der Waals surface area (Å²) >= 11 is 0. The van der Waals surface area contributed by atoms with Gasteiger partial charge in [-0.2, -0.15) is 4.31 Å². The largest absolute Gasteiger partial charge is 0.480 e. The Balaban J connectivity index is 2.39. The topological polar surface area (TPSA) is 83.9 Å². The van der Waals surface area contributed by atoms with Crippen molar-refractivity contribution >= 4 is 16.0 Å². The van der Waals surface area contributed by atoms with Crippen LogP contribution in [0.1, 0.15) is 17.2 Å². The molecule has 0 amide bonds. The number of ether oxygens (including phenoxy) is 1. The molecule has 0 aromatic heterocycles. The summed E-state index contributed by atoms with van der Waals surface area (Å²) in [6.07, 6.45) is 0.520. The number of methoxy groups -OCH3 is 1. The normalized spacial score (nSPS) is 19.6. The highest BCUT2D eigenvalue weighted by Crippen LogP contribution is 2.32. The molecule has 0 spiro atoms. The molecule has 1 unspecified atom stereocenters. The van der Waals surface area contributed by atoms with E-state index in [1.54, 1.807) is 12.1 Å². The van der Waals surface area contributed by atoms with Gasteiger partial charge in [-0.05, 0) is 17.5 Å². The molecule has 20 heavy (non-hydrogen) atoms. The lowest BCUT2D eigenvalue weighted by Crippen LogP contribution is -2.44. The second-order valence-electron chi connectivity index (χ2n) is 4.61. The predicted octanol–water partition coefficient (Wildman–Crippen LogP) is 0.647. The summed E-state index contributed by atoms with van der Waals surface area (Å²) in [5, 5.41) is 9.41. The van der Waals surface area contributed by atoms with Crippen molar-refractivity contribution in [3.05, 3.63) is 35.4 Å². The van der Waals surface area contributed by atoms with Crippen molar-refractivity contribution in [3.63, 3.8) is 0 Å². The first-order chi connectivity index (χ1) is 9.47. The number of benzene rings is 1. The monoisotopic (exact) mass is 299 g/mol. The zero-order chi connectivity index (χ0) is 14.8. The van der Waals surface area contributed by atoms with Gasteiger partial charge in [0.15, 0.2) is 0 Å². The first-order valence-electron chi connectivity index (χ1n) is 6.26. The number of hydrogen-bond acceptors (Lipinski definition) is 4. The van der Waals surface area contributed by atoms with Crippen LogP contribution in [0.5, 0.6) is 0 Å². The van der Waals surface area contributed by atoms with Gasteiger partial charge < -0.3 is 9.84 Å². The average Bonchev–Trinajstić information content (AvgIpc) is 2.43. The Morgan fingerprint density at radius 2 is 2.15 bits per heavy atom. The van der Waals surface area contributed by atoms with Crippen LogP contribution >= 0.6 is 0 Å². The van der Waals surface area contributed by atoms with Gasteiger partial charge in [0.25, 0.3) is 0 Å². The Kier molecular flexibility index (Phi) is 4.42. The van der Waals surface area contributed by atoms with Crippen molar-refractivity contribution in [3.8, 4) is 0 Å². The van der Waals surface area contributed by atoms with Gasteiger partial charge in [0, 0.05) is 13.7 Å². The van der Waals surface area contributed by atoms with Gasteiger partial charge in [0.2, 0.25) is 10.0 Å². The summed E-state index contributed by atoms with van der Waals surface area (Å²) in [4.78, 5) is 11.5. The molecule has 0 saturated carbocycles. The maximum Gasteiger partial charge on any atom is 0.326 e. The SMILES string of the molecule is COCCS(=O)(=O)N1CCc2ccccc2C1C(=O)O. The van der Waals surface area contributed by atoms with Crippen molar-refractivity contribution in [2.45, 2.75) is 12.5 Å². The van der Waals surface area contributed by atoms with E-state index in [4.69, 9.17) is 4.74 Å². The second kappa shape index (κ2) is 5.90. The van der Waals surface area contributed by atoms with Gasteiger partial charge in [0.05, 0.1) is 12.4 Å². The Morgan fingerprint density at radius 1 is 1.45 bits per heavy atom. The van der Waals surface area contributed by atoms with E-state index in [1.165, 1.54) is 7.11 Å². The Labute approximate surface area is 118 Å². The first kappa shape index (κ1) is 15.0. The molecule has 6 nitrogen and oxygen atoms in total. The third kappa shape index (κ3) is 2.84. The number of fused-ring (bicyclic) bond motifs is 1. The molecule has 0 aliphatic carbocycles. The third-order valence-corrected chi connectivity index (χ3v) is 5.17. The van der Waals surface area contributed by atoms with Crippen molar-refractivity contribution in [2.24, 2.45) is 0 Å². The Hall–Kier alpha value is -1.44. The van der Waals surface area contributed by atoms with Crippen LogP contribution in [-0.2, 0) is 26.0 Å². The molecular formula is C13H17NO5S. The highest BCUT2D eigenvalue weighted by Gasteiger charge is 2.39. The van der Waals surface area contributed by atoms with E-state index in [-0.39, 0.29) is 18.9 Å². The van der Waals surface area contributed by atoms with Crippen LogP contribution in [0.3, 0.4) is 0 Å². The van der Waals surface area contributed by atoms with Crippen molar-refractivity contribution < 1.29 is 23.1 Å². The summed E-state index contributed by atoms with van der Waals surface area (Å²) in [7, 11) is -2.24. The maximum atomic E-state index is 12.3. The predicted molar refractivity (Wildman–Crippen MR) is 72.9 cm³/mol. The summed E-state index contributed by atoms with van der Waals surface area (Å²) in [5.74, 6) is -1.37. The number of carboxylic acids is 1. The van der Waals surface area contributed by atoms with Crippen molar-refractivity contribution in [2.75, 3.05) is 26.0 Å². The lowest BCUT2D eigenvalue weighted by Gasteiger charge is -2.33. The van der Waals surface area contributed by atoms with Gasteiger partial charge in [-0.25, -0.2) is 8.42 Å². The fourth-order valence-electron chi connectivity index (χ4n) is 2.41. The molecule has 1 aromatic carbocycles. The van der Waals surface area contributed by atoms with E-state index in [0.29, 0.717) is 12.0 Å². The lowest BCUT2D eigenvalue weighted by molar-refractivity contribution is -0.142. The van der Waals surface area contributed by atoms with Crippen LogP contribution in [-0.4, -0.2) is 49.8 Å². The van der Waals surface area contributed by atoms with Gasteiger partial charge in [-0.3, -0.25) is 4.79 Å². The number of nitrogens with zero attached hydrogens (tertiary/aromatic N) is 1. The Morgan fingerprint density at radius 3 is 2.80 bits per heavy atom. The highest BCUT2D eigenvalue weighted by atomic mass is 32.2. The van der Waals surface area contributed by atoms with Crippen molar-refractivity contribution in [1.82, 2.24) is 4.31 Å². The van der Waals surface area contributed by atoms with Crippen LogP contribution in [0.15, 0.2) is 24.3 Å². The molecule has 0 bridgehead atoms. The second-order valence-corrected chi connectivity index (χ2v) is 6.65. The zero-order valence-corrected chi connectivity index (χ0v) is 12.0. The van der Waals surface area contributed by atoms with Gasteiger partial charge in [-0.1, -0.05) is 24.3 Å². The van der Waals surface area contributed by atoms with E-state index < -0.39 is 22.0 Å². The van der Waals surface area contributed by atoms with E-state index in [1.807, 2.05) is 12.1 Å². The molecule has 1 aliphatic rings. The van der Waals surface area contributed by atoms with Crippen LogP contribution in [0.25, 0.3) is 0 Å². The molecule has 1 aromatic rings. The summed E-state index contributed by atoms with van der Waals surface area (Å²) < 4.78 is 30.4. The molecule has 1 aliphatic heterocycles. The maximum absolute atomic E-state index is 12.3. The van der Waals surface area contributed by atoms with Gasteiger partial charge in [-0.15, -0.1) is 0 Å². The number of aliphatic carboxylic acids is 1. The third-order valence-electron chi connectivity index (χ3n) is 3.38. The fraction of sp³-hybridized carbons (Fsp3) is 0.462. The minimum atomic E-state index is -3.65. The van der Waals surface area contributed by atoms with Crippen LogP contribution < -0.4 is 0 Å². The summed E-state index contributed by atoms with van der Waals surface area (Å²) in [6.45, 7) is 0.229. The number of sulfonamides is 1. The highest BCUT2D eigenvalue weighted by molar-refractivity contribution is 7.89. The Bertz CT molecular complexity index is 599. The van der Waals surface area contributed by atoms with Crippen LogP contribution in [0, 0.1) is 0 Å². The minimum absolute atomic E-state index is 0.0484. The van der Waals surface area contributed by atoms with Crippen LogP contribution in [0.2, 0.25) is 0 Å². The van der Waals surface area contributed by atoms with Gasteiger partial charge >= 0.3 is 5.97 Å². The number of rotatable bonds is 5. The number of hydrogen-bond donors (Lipinski definition) is 1. The minimum Gasteiger partial charge on any atom is -0.480 e. The average molecular weight is 299 g/mol. The smallest absolute Gasteiger partial charge is 0.326 e. The molecule has 1 N–H and O–H groups in total. The standard InChI is InChI=1S/C13H17NO5S/c1-19-8-9-20(17,18)14-7-6-10-4-2-3-5-11(10)12(14)13(15)16/h2-5,12H,6-9H2,1H3,(H,15,16). The molecule has 110 valence electrons. The van der Waals surface area contributed by atoms with Gasteiger partial charge in [0.1, 0.15) is 6.04 Å². The van der Waals surface area contributed by atoms with E-state index in [0.717, 1.165) is 9.87 Å². The van der Waals surface area contributed by atoms with E-state index in [2.05, 4.69) is 0 Å². The molecule has 0 saturated heterocycles. The quantitative estimate of drug-likeness (QED) is 0.863. The van der Waals surface area contributed by atoms with Crippen LogP contribution in [0.4, 0.5) is 0 Å². The number of carbonyl (C=O) groups is 1. The fourth-order valence-corrected chi connectivity index (χ4v) is 3.91. The summed E-state index contributed by atoms with van der Waals surface area (Å²) in [6, 6.07) is 5.91. The molecule has 2 rings (SSSR count). The molecule has 0 radical (unpaired) electrons. The molecule has 1 heterocycles.